The van der Waals surface area contributed by atoms with E-state index in [0.717, 1.165) is 5.69 Å². The Bertz CT molecular complexity index is 1240. The molecule has 0 bridgehead atoms. The second-order valence-electron chi connectivity index (χ2n) is 8.47. The van der Waals surface area contributed by atoms with Gasteiger partial charge < -0.3 is 10.1 Å². The van der Waals surface area contributed by atoms with Crippen molar-refractivity contribution in [2.75, 3.05) is 22.6 Å². The van der Waals surface area contributed by atoms with E-state index >= 15 is 0 Å². The van der Waals surface area contributed by atoms with E-state index in [-0.39, 0.29) is 28.5 Å². The van der Waals surface area contributed by atoms with Crippen LogP contribution in [0.3, 0.4) is 0 Å². The average molecular weight is 559 g/mol. The van der Waals surface area contributed by atoms with Crippen LogP contribution < -0.4 is 16.0 Å². The zero-order valence-corrected chi connectivity index (χ0v) is 22.1. The molecule has 0 unspecified atom stereocenters. The first-order valence-corrected chi connectivity index (χ1v) is 12.0. The fourth-order valence-electron chi connectivity index (χ4n) is 3.19. The monoisotopic (exact) mass is 557 g/mol. The average Bonchev–Trinajstić information content (AvgIpc) is 3.17. The summed E-state index contributed by atoms with van der Waals surface area (Å²) < 4.78 is 5.31. The number of amides is 3. The number of carbonyl (C=O) groups excluding carboxylic acids is 2. The van der Waals surface area contributed by atoms with Crippen molar-refractivity contribution in [3.05, 3.63) is 67.7 Å². The van der Waals surface area contributed by atoms with Crippen molar-refractivity contribution in [1.29, 1.82) is 0 Å². The number of anilines is 3. The van der Waals surface area contributed by atoms with Gasteiger partial charge in [0.1, 0.15) is 5.82 Å². The van der Waals surface area contributed by atoms with Gasteiger partial charge in [0.25, 0.3) is 0 Å². The van der Waals surface area contributed by atoms with Gasteiger partial charge in [0.15, 0.2) is 0 Å². The van der Waals surface area contributed by atoms with Crippen LogP contribution in [0.2, 0.25) is 20.1 Å². The molecule has 0 fully saturated rings. The van der Waals surface area contributed by atoms with E-state index in [0.29, 0.717) is 32.8 Å². The molecule has 8 nitrogen and oxygen atoms in total. The van der Waals surface area contributed by atoms with E-state index in [2.05, 4.69) is 26.1 Å². The number of aromatic amines is 1. The third-order valence-electron chi connectivity index (χ3n) is 4.79. The molecule has 1 heterocycles. The highest BCUT2D eigenvalue weighted by atomic mass is 35.5. The van der Waals surface area contributed by atoms with Gasteiger partial charge in [-0.15, -0.1) is 0 Å². The van der Waals surface area contributed by atoms with Gasteiger partial charge in [-0.05, 0) is 24.3 Å². The molecule has 0 saturated heterocycles. The Morgan fingerprint density at radius 1 is 0.914 bits per heavy atom. The lowest BCUT2D eigenvalue weighted by atomic mass is 9.88. The Kier molecular flexibility index (Phi) is 8.77. The normalized spacial score (nSPS) is 11.2. The lowest BCUT2D eigenvalue weighted by Gasteiger charge is -2.18. The van der Waals surface area contributed by atoms with Crippen LogP contribution in [0.1, 0.15) is 32.0 Å². The van der Waals surface area contributed by atoms with E-state index in [9.17, 15) is 9.59 Å². The fourth-order valence-corrected chi connectivity index (χ4v) is 3.89. The molecule has 35 heavy (non-hydrogen) atoms. The molecule has 3 aromatic rings. The quantitative estimate of drug-likeness (QED) is 0.248. The van der Waals surface area contributed by atoms with Crippen LogP contribution in [0.15, 0.2) is 36.4 Å². The predicted molar refractivity (Wildman–Crippen MR) is 142 cm³/mol. The van der Waals surface area contributed by atoms with Crippen LogP contribution >= 0.6 is 46.4 Å². The lowest BCUT2D eigenvalue weighted by Crippen LogP contribution is -2.22. The first kappa shape index (κ1) is 26.9. The van der Waals surface area contributed by atoms with E-state index < -0.39 is 12.1 Å². The van der Waals surface area contributed by atoms with E-state index in [4.69, 9.17) is 51.1 Å². The molecule has 3 amide bonds. The number of urea groups is 1. The molecule has 0 saturated carbocycles. The zero-order valence-electron chi connectivity index (χ0n) is 19.1. The van der Waals surface area contributed by atoms with Crippen molar-refractivity contribution in [3.63, 3.8) is 0 Å². The Hall–Kier alpha value is -2.65. The van der Waals surface area contributed by atoms with Crippen molar-refractivity contribution in [2.45, 2.75) is 32.6 Å². The molecule has 0 aliphatic rings. The van der Waals surface area contributed by atoms with Gasteiger partial charge in [0, 0.05) is 17.4 Å². The van der Waals surface area contributed by atoms with Crippen LogP contribution in [-0.2, 0) is 16.6 Å². The molecule has 12 heteroatoms. The molecule has 3 rings (SSSR count). The topological polar surface area (TPSA) is 108 Å². The number of hydrogen-bond donors (Lipinski definition) is 4. The molecule has 186 valence electrons. The van der Waals surface area contributed by atoms with E-state index in [1.807, 2.05) is 20.8 Å². The van der Waals surface area contributed by atoms with Crippen molar-refractivity contribution in [3.8, 4) is 0 Å². The minimum Gasteiger partial charge on any atom is -0.449 e. The summed E-state index contributed by atoms with van der Waals surface area (Å²) in [7, 11) is 0. The number of nitrogens with zero attached hydrogens (tertiary/aromatic N) is 1. The maximum Gasteiger partial charge on any atom is 0.411 e. The molecular formula is C23H23Cl4N5O3. The number of hydrogen-bond acceptors (Lipinski definition) is 4. The maximum absolute atomic E-state index is 12.6. The molecule has 0 radical (unpaired) electrons. The summed E-state index contributed by atoms with van der Waals surface area (Å²) in [4.78, 5) is 24.9. The molecule has 0 aliphatic heterocycles. The Morgan fingerprint density at radius 2 is 1.49 bits per heavy atom. The number of benzene rings is 2. The number of carbonyl (C=O) groups is 2. The second-order valence-corrected chi connectivity index (χ2v) is 10.0. The lowest BCUT2D eigenvalue weighted by molar-refractivity contribution is 0.163. The van der Waals surface area contributed by atoms with Gasteiger partial charge in [-0.3, -0.25) is 15.7 Å². The van der Waals surface area contributed by atoms with E-state index in [1.165, 1.54) is 0 Å². The number of halogens is 4. The minimum atomic E-state index is -0.696. The maximum atomic E-state index is 12.6. The summed E-state index contributed by atoms with van der Waals surface area (Å²) in [6.45, 7) is 5.97. The summed E-state index contributed by atoms with van der Waals surface area (Å²) in [5.41, 5.74) is 1.76. The van der Waals surface area contributed by atoms with Crippen LogP contribution in [-0.4, -0.2) is 28.9 Å². The molecule has 1 aromatic heterocycles. The summed E-state index contributed by atoms with van der Waals surface area (Å²) in [6, 6.07) is 9.24. The summed E-state index contributed by atoms with van der Waals surface area (Å²) in [5, 5.41) is 16.2. The van der Waals surface area contributed by atoms with Gasteiger partial charge in [-0.25, -0.2) is 9.59 Å². The van der Waals surface area contributed by atoms with Crippen LogP contribution in [0, 0.1) is 0 Å². The van der Waals surface area contributed by atoms with E-state index in [1.54, 1.807) is 36.4 Å². The number of aromatic nitrogens is 2. The molecule has 4 N–H and O–H groups in total. The van der Waals surface area contributed by atoms with Crippen molar-refractivity contribution >= 4 is 75.7 Å². The Morgan fingerprint density at radius 3 is 2.06 bits per heavy atom. The molecular weight excluding hydrogens is 536 g/mol. The van der Waals surface area contributed by atoms with Crippen molar-refractivity contribution < 1.29 is 14.3 Å². The Balaban J connectivity index is 1.68. The predicted octanol–water partition coefficient (Wildman–Crippen LogP) is 7.76. The number of H-pyrrole nitrogens is 1. The van der Waals surface area contributed by atoms with Gasteiger partial charge in [-0.1, -0.05) is 79.3 Å². The molecule has 2 aromatic carbocycles. The van der Waals surface area contributed by atoms with Gasteiger partial charge in [0.2, 0.25) is 0 Å². The van der Waals surface area contributed by atoms with Crippen LogP contribution in [0.25, 0.3) is 0 Å². The standard InChI is InChI=1S/C23H23Cl4N5O3/c1-23(2,3)19-12(10-11-35-22(34)29-16-9-5-7-14(25)18(16)27)20(32-31-19)30-21(33)28-15-8-4-6-13(24)17(15)26/h4-9H,10-11H2,1-3H3,(H,29,34)(H3,28,30,31,32,33). The highest BCUT2D eigenvalue weighted by Crippen LogP contribution is 2.32. The summed E-state index contributed by atoms with van der Waals surface area (Å²) >= 11 is 24.2. The number of ether oxygens (including phenoxy) is 1. The number of rotatable bonds is 6. The third kappa shape index (κ3) is 6.95. The fraction of sp³-hybridized carbons (Fsp3) is 0.261. The van der Waals surface area contributed by atoms with Gasteiger partial charge in [-0.2, -0.15) is 5.10 Å². The first-order chi connectivity index (χ1) is 16.5. The van der Waals surface area contributed by atoms with Crippen molar-refractivity contribution in [2.24, 2.45) is 0 Å². The largest absolute Gasteiger partial charge is 0.449 e. The van der Waals surface area contributed by atoms with Crippen molar-refractivity contribution in [1.82, 2.24) is 10.2 Å². The first-order valence-electron chi connectivity index (χ1n) is 10.4. The highest BCUT2D eigenvalue weighted by molar-refractivity contribution is 6.44. The van der Waals surface area contributed by atoms with Crippen LogP contribution in [0.5, 0.6) is 0 Å². The smallest absolute Gasteiger partial charge is 0.411 e. The third-order valence-corrected chi connectivity index (χ3v) is 6.43. The molecule has 0 spiro atoms. The molecule has 0 aliphatic carbocycles. The number of nitrogens with one attached hydrogen (secondary N) is 4. The Labute approximate surface area is 222 Å². The zero-order chi connectivity index (χ0) is 25.8. The highest BCUT2D eigenvalue weighted by Gasteiger charge is 2.25. The minimum absolute atomic E-state index is 0.0169. The summed E-state index contributed by atoms with van der Waals surface area (Å²) in [5.74, 6) is 0.368. The second kappa shape index (κ2) is 11.4. The SMILES string of the molecule is CC(C)(C)c1n[nH]c(NC(=O)Nc2cccc(Cl)c2Cl)c1CCOC(=O)Nc1cccc(Cl)c1Cl. The van der Waals surface area contributed by atoms with Gasteiger partial charge >= 0.3 is 12.1 Å². The van der Waals surface area contributed by atoms with Crippen LogP contribution in [0.4, 0.5) is 26.8 Å². The summed E-state index contributed by atoms with van der Waals surface area (Å²) in [6.07, 6.45) is -0.411. The molecule has 0 atom stereocenters. The van der Waals surface area contributed by atoms with Gasteiger partial charge in [0.05, 0.1) is 43.8 Å².